The molecule has 0 aliphatic carbocycles. The lowest BCUT2D eigenvalue weighted by Crippen LogP contribution is -2.53. The van der Waals surface area contributed by atoms with E-state index in [4.69, 9.17) is 11.6 Å². The molecule has 3 heterocycles. The van der Waals surface area contributed by atoms with Crippen molar-refractivity contribution < 1.29 is 4.48 Å². The minimum absolute atomic E-state index is 0.634. The van der Waals surface area contributed by atoms with Crippen LogP contribution in [-0.2, 0) is 0 Å². The molecular weight excluding hydrogens is 294 g/mol. The number of quaternary nitrogens is 1. The Morgan fingerprint density at radius 2 is 1.86 bits per heavy atom. The van der Waals surface area contributed by atoms with E-state index < -0.39 is 0 Å². The Morgan fingerprint density at radius 1 is 1.14 bits per heavy atom. The van der Waals surface area contributed by atoms with Crippen LogP contribution in [0, 0.1) is 0 Å². The van der Waals surface area contributed by atoms with Crippen molar-refractivity contribution in [3.63, 3.8) is 0 Å². The fourth-order valence-electron chi connectivity index (χ4n) is 3.32. The van der Waals surface area contributed by atoms with E-state index in [9.17, 15) is 0 Å². The molecule has 0 N–H and O–H groups in total. The number of aliphatic imine (C=N–C) groups is 1. The van der Waals surface area contributed by atoms with Gasteiger partial charge < -0.3 is 0 Å². The maximum atomic E-state index is 6.22. The number of halogens is 1. The SMILES string of the molecule is C[N+]1(C2=NC(Cl)=CCCC=C2)CCC(c2ccncc2)CC1. The molecule has 0 atom stereocenters. The van der Waals surface area contributed by atoms with Crippen molar-refractivity contribution in [3.05, 3.63) is 53.5 Å². The molecule has 116 valence electrons. The number of amidine groups is 1. The van der Waals surface area contributed by atoms with E-state index in [1.54, 1.807) is 0 Å². The fourth-order valence-corrected chi connectivity index (χ4v) is 3.51. The van der Waals surface area contributed by atoms with Gasteiger partial charge >= 0.3 is 0 Å². The second-order valence-corrected chi connectivity index (χ2v) is 6.76. The predicted octanol–water partition coefficient (Wildman–Crippen LogP) is 4.23. The summed E-state index contributed by atoms with van der Waals surface area (Å²) in [6.45, 7) is 2.20. The molecule has 0 spiro atoms. The Hall–Kier alpha value is -1.45. The van der Waals surface area contributed by atoms with E-state index in [0.717, 1.165) is 36.2 Å². The first-order chi connectivity index (χ1) is 10.7. The number of allylic oxidation sites excluding steroid dienone is 2. The van der Waals surface area contributed by atoms with Gasteiger partial charge in [-0.15, -0.1) is 0 Å². The average molecular weight is 317 g/mol. The molecule has 0 amide bonds. The van der Waals surface area contributed by atoms with Gasteiger partial charge in [-0.25, -0.2) is 0 Å². The largest absolute Gasteiger partial charge is 0.277 e. The molecular formula is C18H23ClN3+. The Balaban J connectivity index is 1.75. The van der Waals surface area contributed by atoms with Gasteiger partial charge in [0.15, 0.2) is 0 Å². The lowest BCUT2D eigenvalue weighted by atomic mass is 9.89. The van der Waals surface area contributed by atoms with Crippen LogP contribution in [0.25, 0.3) is 0 Å². The topological polar surface area (TPSA) is 25.2 Å². The number of nitrogens with zero attached hydrogens (tertiary/aromatic N) is 3. The van der Waals surface area contributed by atoms with Crippen molar-refractivity contribution in [2.75, 3.05) is 20.1 Å². The molecule has 3 rings (SSSR count). The van der Waals surface area contributed by atoms with Gasteiger partial charge in [-0.2, -0.15) is 4.99 Å². The van der Waals surface area contributed by atoms with Gasteiger partial charge in [0.2, 0.25) is 5.84 Å². The number of rotatable bonds is 1. The van der Waals surface area contributed by atoms with Crippen molar-refractivity contribution in [2.24, 2.45) is 4.99 Å². The van der Waals surface area contributed by atoms with Crippen molar-refractivity contribution in [1.82, 2.24) is 4.98 Å². The van der Waals surface area contributed by atoms with Crippen LogP contribution in [-0.4, -0.2) is 35.4 Å². The van der Waals surface area contributed by atoms with Crippen LogP contribution in [0.15, 0.2) is 52.9 Å². The highest BCUT2D eigenvalue weighted by atomic mass is 35.5. The lowest BCUT2D eigenvalue weighted by molar-refractivity contribution is -0.826. The van der Waals surface area contributed by atoms with Crippen LogP contribution in [0.5, 0.6) is 0 Å². The summed E-state index contributed by atoms with van der Waals surface area (Å²) in [5, 5.41) is 0.634. The average Bonchev–Trinajstić information content (AvgIpc) is 2.52. The summed E-state index contributed by atoms with van der Waals surface area (Å²) >= 11 is 6.22. The van der Waals surface area contributed by atoms with Crippen LogP contribution in [0.1, 0.15) is 37.2 Å². The van der Waals surface area contributed by atoms with E-state index >= 15 is 0 Å². The first-order valence-electron chi connectivity index (χ1n) is 8.03. The molecule has 1 aromatic heterocycles. The van der Waals surface area contributed by atoms with Crippen LogP contribution in [0.3, 0.4) is 0 Å². The summed E-state index contributed by atoms with van der Waals surface area (Å²) in [6.07, 6.45) is 14.5. The Bertz CT molecular complexity index is 596. The summed E-state index contributed by atoms with van der Waals surface area (Å²) in [7, 11) is 2.28. The van der Waals surface area contributed by atoms with Crippen molar-refractivity contribution in [3.8, 4) is 0 Å². The molecule has 0 aromatic carbocycles. The zero-order valence-corrected chi connectivity index (χ0v) is 13.8. The highest BCUT2D eigenvalue weighted by molar-refractivity contribution is 6.30. The molecule has 1 aromatic rings. The highest BCUT2D eigenvalue weighted by Gasteiger charge is 2.34. The van der Waals surface area contributed by atoms with Crippen LogP contribution >= 0.6 is 11.6 Å². The van der Waals surface area contributed by atoms with E-state index in [1.807, 2.05) is 18.5 Å². The minimum Gasteiger partial charge on any atom is -0.277 e. The third-order valence-corrected chi connectivity index (χ3v) is 5.05. The lowest BCUT2D eigenvalue weighted by Gasteiger charge is -2.40. The van der Waals surface area contributed by atoms with Crippen molar-refractivity contribution >= 4 is 17.4 Å². The standard InChI is InChI=1S/C18H23ClN3/c1-22(18-6-4-2-3-5-17(19)21-18)13-9-16(10-14-22)15-7-11-20-12-8-15/h4-8,11-12,16H,2-3,9-10,13-14H2,1H3/q+1. The van der Waals surface area contributed by atoms with Crippen molar-refractivity contribution in [1.29, 1.82) is 0 Å². The number of likely N-dealkylation sites (tertiary alicyclic amines) is 1. The van der Waals surface area contributed by atoms with E-state index in [1.165, 1.54) is 18.4 Å². The fraction of sp³-hybridized carbons (Fsp3) is 0.444. The van der Waals surface area contributed by atoms with Gasteiger partial charge in [0.05, 0.1) is 20.1 Å². The number of pyridine rings is 1. The second-order valence-electron chi connectivity index (χ2n) is 6.37. The summed E-state index contributed by atoms with van der Waals surface area (Å²) < 4.78 is 0.877. The van der Waals surface area contributed by atoms with E-state index in [0.29, 0.717) is 11.1 Å². The smallest absolute Gasteiger partial charge is 0.228 e. The van der Waals surface area contributed by atoms with Gasteiger partial charge in [0.1, 0.15) is 5.16 Å². The van der Waals surface area contributed by atoms with Crippen LogP contribution < -0.4 is 0 Å². The zero-order chi connectivity index (χ0) is 15.4. The van der Waals surface area contributed by atoms with Gasteiger partial charge in [0, 0.05) is 31.3 Å². The molecule has 2 aliphatic heterocycles. The molecule has 4 heteroatoms. The number of piperidine rings is 1. The van der Waals surface area contributed by atoms with Gasteiger partial charge in [-0.05, 0) is 42.5 Å². The number of hydrogen-bond acceptors (Lipinski definition) is 2. The minimum atomic E-state index is 0.634. The summed E-state index contributed by atoms with van der Waals surface area (Å²) in [5.74, 6) is 1.73. The molecule has 22 heavy (non-hydrogen) atoms. The Labute approximate surface area is 137 Å². The van der Waals surface area contributed by atoms with Crippen LogP contribution in [0.2, 0.25) is 0 Å². The number of likely N-dealkylation sites (N-methyl/N-ethyl adjacent to an activating group) is 1. The molecule has 1 fully saturated rings. The first-order valence-corrected chi connectivity index (χ1v) is 8.41. The Morgan fingerprint density at radius 3 is 2.59 bits per heavy atom. The van der Waals surface area contributed by atoms with E-state index in [2.05, 4.69) is 41.3 Å². The third-order valence-electron chi connectivity index (χ3n) is 4.81. The molecule has 2 aliphatic rings. The Kier molecular flexibility index (Phi) is 4.74. The molecule has 0 radical (unpaired) electrons. The predicted molar refractivity (Wildman–Crippen MR) is 91.9 cm³/mol. The summed E-state index contributed by atoms with van der Waals surface area (Å²) in [6, 6.07) is 4.29. The maximum Gasteiger partial charge on any atom is 0.228 e. The maximum absolute atomic E-state index is 6.22. The number of hydrogen-bond donors (Lipinski definition) is 0. The van der Waals surface area contributed by atoms with Crippen LogP contribution in [0.4, 0.5) is 0 Å². The second kappa shape index (κ2) is 6.76. The quantitative estimate of drug-likeness (QED) is 0.562. The van der Waals surface area contributed by atoms with E-state index in [-0.39, 0.29) is 0 Å². The normalized spacial score (nSPS) is 29.3. The number of aromatic nitrogens is 1. The molecule has 0 unspecified atom stereocenters. The summed E-state index contributed by atoms with van der Waals surface area (Å²) in [4.78, 5) is 8.76. The molecule has 3 nitrogen and oxygen atoms in total. The first kappa shape index (κ1) is 15.4. The van der Waals surface area contributed by atoms with Gasteiger partial charge in [0.25, 0.3) is 0 Å². The molecule has 0 saturated carbocycles. The zero-order valence-electron chi connectivity index (χ0n) is 13.1. The monoisotopic (exact) mass is 316 g/mol. The molecule has 1 saturated heterocycles. The highest BCUT2D eigenvalue weighted by Crippen LogP contribution is 2.31. The van der Waals surface area contributed by atoms with Gasteiger partial charge in [-0.3, -0.25) is 9.47 Å². The molecule has 0 bridgehead atoms. The summed E-state index contributed by atoms with van der Waals surface area (Å²) in [5.41, 5.74) is 1.41. The van der Waals surface area contributed by atoms with Crippen molar-refractivity contribution in [2.45, 2.75) is 31.6 Å². The van der Waals surface area contributed by atoms with Gasteiger partial charge in [-0.1, -0.05) is 17.7 Å². The third kappa shape index (κ3) is 3.47.